The fourth-order valence-electron chi connectivity index (χ4n) is 1.37. The molecule has 0 spiro atoms. The van der Waals surface area contributed by atoms with Gasteiger partial charge in [-0.15, -0.1) is 0 Å². The highest BCUT2D eigenvalue weighted by Crippen LogP contribution is 2.18. The highest BCUT2D eigenvalue weighted by molar-refractivity contribution is 6.08. The van der Waals surface area contributed by atoms with Crippen molar-refractivity contribution >= 4 is 5.78 Å². The van der Waals surface area contributed by atoms with Crippen molar-refractivity contribution in [2.24, 2.45) is 0 Å². The highest BCUT2D eigenvalue weighted by atomic mass is 19.1. The Balaban J connectivity index is 3.22. The number of halogens is 2. The molecule has 1 aromatic carbocycles. The molecule has 0 saturated heterocycles. The molecule has 0 aromatic heterocycles. The molecule has 1 aromatic rings. The van der Waals surface area contributed by atoms with Crippen LogP contribution >= 0.6 is 0 Å². The third-order valence-electron chi connectivity index (χ3n) is 2.21. The molecule has 0 fully saturated rings. The quantitative estimate of drug-likeness (QED) is 0.551. The van der Waals surface area contributed by atoms with E-state index in [1.54, 1.807) is 19.9 Å². The van der Waals surface area contributed by atoms with Crippen LogP contribution in [0.5, 0.6) is 0 Å². The molecule has 0 bridgehead atoms. The van der Waals surface area contributed by atoms with Crippen molar-refractivity contribution in [3.8, 4) is 0 Å². The van der Waals surface area contributed by atoms with Crippen molar-refractivity contribution in [3.63, 3.8) is 0 Å². The van der Waals surface area contributed by atoms with E-state index in [0.29, 0.717) is 12.0 Å². The summed E-state index contributed by atoms with van der Waals surface area (Å²) in [5.74, 6) is -2.20. The topological polar surface area (TPSA) is 17.1 Å². The lowest BCUT2D eigenvalue weighted by Crippen LogP contribution is -2.08. The van der Waals surface area contributed by atoms with Crippen molar-refractivity contribution in [1.29, 1.82) is 0 Å². The first-order valence-corrected chi connectivity index (χ1v) is 4.75. The molecule has 0 aliphatic rings. The average Bonchev–Trinajstić information content (AvgIpc) is 2.19. The second-order valence-corrected chi connectivity index (χ2v) is 3.09. The summed E-state index contributed by atoms with van der Waals surface area (Å²) in [5, 5.41) is 0. The number of Topliss-reactive ketones (excluding diaryl/α,β-unsaturated/α-hetero) is 1. The highest BCUT2D eigenvalue weighted by Gasteiger charge is 2.18. The van der Waals surface area contributed by atoms with Gasteiger partial charge < -0.3 is 0 Å². The zero-order valence-corrected chi connectivity index (χ0v) is 8.68. The van der Waals surface area contributed by atoms with Gasteiger partial charge in [0.05, 0.1) is 5.56 Å². The third-order valence-corrected chi connectivity index (χ3v) is 2.21. The molecule has 0 aliphatic heterocycles. The Morgan fingerprint density at radius 2 is 1.87 bits per heavy atom. The Hall–Kier alpha value is -1.51. The lowest BCUT2D eigenvalue weighted by atomic mass is 10.0. The molecule has 0 radical (unpaired) electrons. The standard InChI is InChI=1S/C12H12F2O/c1-3-8(4-2)12(15)11-9(13)6-5-7-10(11)14/h3,5-7H,4H2,1-2H3/b8-3-. The van der Waals surface area contributed by atoms with Crippen LogP contribution in [-0.2, 0) is 0 Å². The van der Waals surface area contributed by atoms with Crippen LogP contribution < -0.4 is 0 Å². The molecule has 80 valence electrons. The molecule has 0 atom stereocenters. The number of carbonyl (C=O) groups excluding carboxylic acids is 1. The molecular weight excluding hydrogens is 198 g/mol. The maximum absolute atomic E-state index is 13.2. The van der Waals surface area contributed by atoms with Gasteiger partial charge in [0.15, 0.2) is 5.78 Å². The Bertz CT molecular complexity index is 388. The number of allylic oxidation sites excluding steroid dienone is 2. The minimum Gasteiger partial charge on any atom is -0.289 e. The summed E-state index contributed by atoms with van der Waals surface area (Å²) in [6.07, 6.45) is 2.04. The summed E-state index contributed by atoms with van der Waals surface area (Å²) < 4.78 is 26.5. The SMILES string of the molecule is C/C=C(/CC)C(=O)c1c(F)cccc1F. The lowest BCUT2D eigenvalue weighted by Gasteiger charge is -2.05. The van der Waals surface area contributed by atoms with E-state index in [-0.39, 0.29) is 0 Å². The van der Waals surface area contributed by atoms with Gasteiger partial charge in [0.25, 0.3) is 0 Å². The van der Waals surface area contributed by atoms with E-state index >= 15 is 0 Å². The van der Waals surface area contributed by atoms with E-state index in [4.69, 9.17) is 0 Å². The Labute approximate surface area is 87.4 Å². The van der Waals surface area contributed by atoms with Gasteiger partial charge in [-0.05, 0) is 31.1 Å². The molecule has 0 unspecified atom stereocenters. The molecule has 15 heavy (non-hydrogen) atoms. The first kappa shape index (κ1) is 11.6. The van der Waals surface area contributed by atoms with Crippen LogP contribution in [0.1, 0.15) is 30.6 Å². The number of rotatable bonds is 3. The summed E-state index contributed by atoms with van der Waals surface area (Å²) in [5.41, 5.74) is -0.0496. The molecule has 1 nitrogen and oxygen atoms in total. The molecule has 0 heterocycles. The van der Waals surface area contributed by atoms with Gasteiger partial charge in [0.1, 0.15) is 11.6 Å². The zero-order valence-electron chi connectivity index (χ0n) is 8.68. The molecule has 0 saturated carbocycles. The molecule has 1 rings (SSSR count). The van der Waals surface area contributed by atoms with Crippen LogP contribution in [-0.4, -0.2) is 5.78 Å². The van der Waals surface area contributed by atoms with Crippen molar-refractivity contribution in [3.05, 3.63) is 47.0 Å². The molecule has 3 heteroatoms. The van der Waals surface area contributed by atoms with Crippen LogP contribution in [0.4, 0.5) is 8.78 Å². The van der Waals surface area contributed by atoms with E-state index in [1.807, 2.05) is 0 Å². The predicted octanol–water partition coefficient (Wildman–Crippen LogP) is 3.50. The Morgan fingerprint density at radius 1 is 1.33 bits per heavy atom. The van der Waals surface area contributed by atoms with E-state index in [9.17, 15) is 13.6 Å². The predicted molar refractivity (Wildman–Crippen MR) is 54.7 cm³/mol. The normalized spacial score (nSPS) is 11.6. The molecular formula is C12H12F2O. The minimum absolute atomic E-state index is 0.416. The van der Waals surface area contributed by atoms with Crippen LogP contribution in [0.25, 0.3) is 0 Å². The largest absolute Gasteiger partial charge is 0.289 e. The number of benzene rings is 1. The Kier molecular flexibility index (Phi) is 3.72. The fraction of sp³-hybridized carbons (Fsp3) is 0.250. The Morgan fingerprint density at radius 3 is 2.27 bits per heavy atom. The van der Waals surface area contributed by atoms with E-state index in [0.717, 1.165) is 12.1 Å². The summed E-state index contributed by atoms with van der Waals surface area (Å²) >= 11 is 0. The van der Waals surface area contributed by atoms with Gasteiger partial charge >= 0.3 is 0 Å². The van der Waals surface area contributed by atoms with Crippen molar-refractivity contribution in [1.82, 2.24) is 0 Å². The van der Waals surface area contributed by atoms with Crippen LogP contribution in [0.3, 0.4) is 0 Å². The van der Waals surface area contributed by atoms with E-state index in [1.165, 1.54) is 6.07 Å². The summed E-state index contributed by atoms with van der Waals surface area (Å²) in [6.45, 7) is 3.45. The minimum atomic E-state index is -0.812. The smallest absolute Gasteiger partial charge is 0.194 e. The monoisotopic (exact) mass is 210 g/mol. The molecule has 0 N–H and O–H groups in total. The van der Waals surface area contributed by atoms with Crippen LogP contribution in [0, 0.1) is 11.6 Å². The van der Waals surface area contributed by atoms with E-state index in [2.05, 4.69) is 0 Å². The maximum Gasteiger partial charge on any atom is 0.194 e. The molecule has 0 aliphatic carbocycles. The first-order chi connectivity index (χ1) is 7.11. The van der Waals surface area contributed by atoms with Gasteiger partial charge in [0, 0.05) is 0 Å². The summed E-state index contributed by atoms with van der Waals surface area (Å²) in [6, 6.07) is 3.40. The van der Waals surface area contributed by atoms with Crippen molar-refractivity contribution in [2.75, 3.05) is 0 Å². The number of hydrogen-bond acceptors (Lipinski definition) is 1. The number of hydrogen-bond donors (Lipinski definition) is 0. The zero-order chi connectivity index (χ0) is 11.4. The molecule has 0 amide bonds. The van der Waals surface area contributed by atoms with Gasteiger partial charge in [-0.2, -0.15) is 0 Å². The second-order valence-electron chi connectivity index (χ2n) is 3.09. The van der Waals surface area contributed by atoms with Crippen molar-refractivity contribution < 1.29 is 13.6 Å². The third kappa shape index (κ3) is 2.29. The maximum atomic E-state index is 13.2. The summed E-state index contributed by atoms with van der Waals surface area (Å²) in [7, 11) is 0. The summed E-state index contributed by atoms with van der Waals surface area (Å²) in [4.78, 5) is 11.7. The van der Waals surface area contributed by atoms with Gasteiger partial charge in [-0.25, -0.2) is 8.78 Å². The van der Waals surface area contributed by atoms with Gasteiger partial charge in [0.2, 0.25) is 0 Å². The van der Waals surface area contributed by atoms with E-state index < -0.39 is 23.0 Å². The average molecular weight is 210 g/mol. The first-order valence-electron chi connectivity index (χ1n) is 4.75. The lowest BCUT2D eigenvalue weighted by molar-refractivity contribution is 0.102. The van der Waals surface area contributed by atoms with Gasteiger partial charge in [-0.3, -0.25) is 4.79 Å². The van der Waals surface area contributed by atoms with Crippen LogP contribution in [0.15, 0.2) is 29.8 Å². The fourth-order valence-corrected chi connectivity index (χ4v) is 1.37. The second kappa shape index (κ2) is 4.82. The van der Waals surface area contributed by atoms with Crippen molar-refractivity contribution in [2.45, 2.75) is 20.3 Å². The number of ketones is 1. The van der Waals surface area contributed by atoms with Crippen LogP contribution in [0.2, 0.25) is 0 Å². The number of carbonyl (C=O) groups is 1. The van der Waals surface area contributed by atoms with Gasteiger partial charge in [-0.1, -0.05) is 19.1 Å².